The SMILES string of the molecule is NC[C@H]1[C@H](c2cccc(C(F)(F)F)c2)C1(F)F. The number of benzene rings is 1. The highest BCUT2D eigenvalue weighted by molar-refractivity contribution is 5.36. The number of rotatable bonds is 2. The average Bonchev–Trinajstić information content (AvgIpc) is 2.79. The summed E-state index contributed by atoms with van der Waals surface area (Å²) in [5.74, 6) is -5.22. The van der Waals surface area contributed by atoms with Crippen molar-refractivity contribution in [2.24, 2.45) is 11.7 Å². The van der Waals surface area contributed by atoms with Crippen LogP contribution in [0.5, 0.6) is 0 Å². The molecule has 0 heterocycles. The van der Waals surface area contributed by atoms with Crippen molar-refractivity contribution in [2.75, 3.05) is 6.54 Å². The maximum atomic E-state index is 13.2. The quantitative estimate of drug-likeness (QED) is 0.803. The second-order valence-electron chi connectivity index (χ2n) is 4.12. The van der Waals surface area contributed by atoms with Gasteiger partial charge in [-0.1, -0.05) is 18.2 Å². The molecular weight excluding hydrogens is 241 g/mol. The van der Waals surface area contributed by atoms with Crippen LogP contribution in [0, 0.1) is 5.92 Å². The van der Waals surface area contributed by atoms with Gasteiger partial charge in [-0.05, 0) is 11.6 Å². The van der Waals surface area contributed by atoms with Crippen LogP contribution in [0.3, 0.4) is 0 Å². The molecule has 17 heavy (non-hydrogen) atoms. The van der Waals surface area contributed by atoms with E-state index in [0.717, 1.165) is 18.2 Å². The number of hydrogen-bond acceptors (Lipinski definition) is 1. The van der Waals surface area contributed by atoms with Gasteiger partial charge in [-0.3, -0.25) is 0 Å². The average molecular weight is 251 g/mol. The highest BCUT2D eigenvalue weighted by atomic mass is 19.4. The Balaban J connectivity index is 2.30. The number of hydrogen-bond donors (Lipinski definition) is 1. The van der Waals surface area contributed by atoms with Crippen LogP contribution in [0.25, 0.3) is 0 Å². The molecule has 0 spiro atoms. The molecule has 1 fully saturated rings. The Labute approximate surface area is 94.4 Å². The molecule has 0 aliphatic heterocycles. The molecule has 2 atom stereocenters. The molecule has 1 saturated carbocycles. The standard InChI is InChI=1S/C11H10F5N/c12-10(13)8(5-17)9(10)6-2-1-3-7(4-6)11(14,15)16/h1-4,8-9H,5,17H2/t8-,9-/m0/s1. The normalized spacial score (nSPS) is 26.9. The minimum atomic E-state index is -4.52. The summed E-state index contributed by atoms with van der Waals surface area (Å²) >= 11 is 0. The van der Waals surface area contributed by atoms with E-state index in [1.54, 1.807) is 0 Å². The molecule has 1 aromatic carbocycles. The second-order valence-corrected chi connectivity index (χ2v) is 4.12. The third-order valence-corrected chi connectivity index (χ3v) is 3.03. The lowest BCUT2D eigenvalue weighted by Gasteiger charge is -2.08. The smallest absolute Gasteiger partial charge is 0.330 e. The third-order valence-electron chi connectivity index (χ3n) is 3.03. The van der Waals surface area contributed by atoms with Gasteiger partial charge in [0, 0.05) is 12.5 Å². The molecule has 0 bridgehead atoms. The molecule has 0 saturated heterocycles. The maximum absolute atomic E-state index is 13.2. The molecule has 0 unspecified atom stereocenters. The van der Waals surface area contributed by atoms with Gasteiger partial charge in [-0.15, -0.1) is 0 Å². The molecule has 2 rings (SSSR count). The number of nitrogens with two attached hydrogens (primary N) is 1. The molecule has 0 amide bonds. The Kier molecular flexibility index (Phi) is 2.65. The van der Waals surface area contributed by atoms with E-state index in [4.69, 9.17) is 5.73 Å². The Morgan fingerprint density at radius 2 is 1.88 bits per heavy atom. The molecule has 0 aromatic heterocycles. The van der Waals surface area contributed by atoms with Gasteiger partial charge in [0.2, 0.25) is 0 Å². The fourth-order valence-electron chi connectivity index (χ4n) is 2.05. The summed E-state index contributed by atoms with van der Waals surface area (Å²) in [7, 11) is 0. The Morgan fingerprint density at radius 1 is 1.24 bits per heavy atom. The Morgan fingerprint density at radius 3 is 2.35 bits per heavy atom. The van der Waals surface area contributed by atoms with Gasteiger partial charge >= 0.3 is 6.18 Å². The van der Waals surface area contributed by atoms with E-state index in [1.807, 2.05) is 0 Å². The van der Waals surface area contributed by atoms with Crippen LogP contribution in [-0.4, -0.2) is 12.5 Å². The van der Waals surface area contributed by atoms with Gasteiger partial charge in [0.15, 0.2) is 0 Å². The zero-order valence-electron chi connectivity index (χ0n) is 8.64. The third kappa shape index (κ3) is 2.01. The first-order chi connectivity index (χ1) is 7.78. The highest BCUT2D eigenvalue weighted by Crippen LogP contribution is 2.61. The minimum Gasteiger partial charge on any atom is -0.330 e. The molecule has 94 valence electrons. The van der Waals surface area contributed by atoms with Gasteiger partial charge in [0.25, 0.3) is 5.92 Å². The van der Waals surface area contributed by atoms with Crippen LogP contribution < -0.4 is 5.73 Å². The molecule has 1 aromatic rings. The summed E-state index contributed by atoms with van der Waals surface area (Å²) in [5.41, 5.74) is 4.25. The van der Waals surface area contributed by atoms with Crippen LogP contribution in [-0.2, 0) is 6.18 Å². The molecule has 1 aliphatic carbocycles. The summed E-state index contributed by atoms with van der Waals surface area (Å²) in [6.07, 6.45) is -4.52. The van der Waals surface area contributed by atoms with Gasteiger partial charge in [-0.2, -0.15) is 13.2 Å². The summed E-state index contributed by atoms with van der Waals surface area (Å²) in [6, 6.07) is 4.05. The van der Waals surface area contributed by atoms with Crippen LogP contribution in [0.15, 0.2) is 24.3 Å². The predicted octanol–water partition coefficient (Wildman–Crippen LogP) is 3.01. The maximum Gasteiger partial charge on any atom is 0.416 e. The first-order valence-corrected chi connectivity index (χ1v) is 5.03. The van der Waals surface area contributed by atoms with Gasteiger partial charge < -0.3 is 5.73 Å². The van der Waals surface area contributed by atoms with E-state index in [1.165, 1.54) is 6.07 Å². The Bertz CT molecular complexity index is 426. The van der Waals surface area contributed by atoms with Gasteiger partial charge in [0.1, 0.15) is 0 Å². The van der Waals surface area contributed by atoms with Crippen molar-refractivity contribution < 1.29 is 22.0 Å². The van der Waals surface area contributed by atoms with Crippen molar-refractivity contribution in [1.29, 1.82) is 0 Å². The minimum absolute atomic E-state index is 0.000255. The van der Waals surface area contributed by atoms with E-state index >= 15 is 0 Å². The molecule has 1 nitrogen and oxygen atoms in total. The summed E-state index contributed by atoms with van der Waals surface area (Å²) in [5, 5.41) is 0. The Hall–Kier alpha value is -1.17. The molecule has 1 aliphatic rings. The summed E-state index contributed by atoms with van der Waals surface area (Å²) < 4.78 is 63.7. The predicted molar refractivity (Wildman–Crippen MR) is 51.7 cm³/mol. The van der Waals surface area contributed by atoms with Crippen LogP contribution in [0.4, 0.5) is 22.0 Å². The zero-order valence-corrected chi connectivity index (χ0v) is 8.64. The number of halogens is 5. The lowest BCUT2D eigenvalue weighted by molar-refractivity contribution is -0.137. The topological polar surface area (TPSA) is 26.0 Å². The zero-order chi connectivity index (χ0) is 12.8. The molecule has 6 heteroatoms. The van der Waals surface area contributed by atoms with E-state index in [-0.39, 0.29) is 12.1 Å². The van der Waals surface area contributed by atoms with Crippen molar-refractivity contribution in [3.8, 4) is 0 Å². The van der Waals surface area contributed by atoms with Crippen LogP contribution in [0.2, 0.25) is 0 Å². The first-order valence-electron chi connectivity index (χ1n) is 5.03. The van der Waals surface area contributed by atoms with Crippen LogP contribution >= 0.6 is 0 Å². The lowest BCUT2D eigenvalue weighted by atomic mass is 10.1. The number of alkyl halides is 5. The highest BCUT2D eigenvalue weighted by Gasteiger charge is 2.67. The van der Waals surface area contributed by atoms with Gasteiger partial charge in [0.05, 0.1) is 11.5 Å². The first kappa shape index (κ1) is 12.3. The van der Waals surface area contributed by atoms with E-state index in [2.05, 4.69) is 0 Å². The van der Waals surface area contributed by atoms with Crippen molar-refractivity contribution >= 4 is 0 Å². The monoisotopic (exact) mass is 251 g/mol. The van der Waals surface area contributed by atoms with Crippen molar-refractivity contribution in [1.82, 2.24) is 0 Å². The molecule has 0 radical (unpaired) electrons. The molecular formula is C11H10F5N. The van der Waals surface area contributed by atoms with Crippen LogP contribution in [0.1, 0.15) is 17.0 Å². The summed E-state index contributed by atoms with van der Waals surface area (Å²) in [6.45, 7) is -0.228. The van der Waals surface area contributed by atoms with E-state index in [9.17, 15) is 22.0 Å². The lowest BCUT2D eigenvalue weighted by Crippen LogP contribution is -2.06. The van der Waals surface area contributed by atoms with Crippen molar-refractivity contribution in [2.45, 2.75) is 18.0 Å². The fourth-order valence-corrected chi connectivity index (χ4v) is 2.05. The van der Waals surface area contributed by atoms with E-state index < -0.39 is 29.5 Å². The molecule has 2 N–H and O–H groups in total. The van der Waals surface area contributed by atoms with Crippen molar-refractivity contribution in [3.63, 3.8) is 0 Å². The largest absolute Gasteiger partial charge is 0.416 e. The second kappa shape index (κ2) is 3.66. The van der Waals surface area contributed by atoms with Crippen molar-refractivity contribution in [3.05, 3.63) is 35.4 Å². The fraction of sp³-hybridized carbons (Fsp3) is 0.455. The van der Waals surface area contributed by atoms with Gasteiger partial charge in [-0.25, -0.2) is 8.78 Å². The summed E-state index contributed by atoms with van der Waals surface area (Å²) in [4.78, 5) is 0. The van der Waals surface area contributed by atoms with E-state index in [0.29, 0.717) is 0 Å².